The monoisotopic (exact) mass is 530 g/mol. The first-order valence-corrected chi connectivity index (χ1v) is 15.8. The Hall–Kier alpha value is -3.58. The highest BCUT2D eigenvalue weighted by Gasteiger charge is 2.37. The number of aromatic nitrogens is 3. The molecule has 0 aliphatic heterocycles. The van der Waals surface area contributed by atoms with E-state index in [1.807, 2.05) is 126 Å². The lowest BCUT2D eigenvalue weighted by Gasteiger charge is -2.29. The van der Waals surface area contributed by atoms with Gasteiger partial charge in [0.05, 0.1) is 12.3 Å². The van der Waals surface area contributed by atoms with Gasteiger partial charge in [0.15, 0.2) is 5.82 Å². The van der Waals surface area contributed by atoms with E-state index in [-0.39, 0.29) is 0 Å². The molecule has 0 fully saturated rings. The Morgan fingerprint density at radius 3 is 1.47 bits per heavy atom. The van der Waals surface area contributed by atoms with Crippen LogP contribution in [0.2, 0.25) is 0 Å². The van der Waals surface area contributed by atoms with E-state index in [1.165, 1.54) is 0 Å². The Morgan fingerprint density at radius 1 is 0.694 bits per heavy atom. The van der Waals surface area contributed by atoms with Crippen LogP contribution in [-0.2, 0) is 21.8 Å². The van der Waals surface area contributed by atoms with Crippen molar-refractivity contribution < 1.29 is 8.42 Å². The molecule has 0 unspecified atom stereocenters. The van der Waals surface area contributed by atoms with Crippen molar-refractivity contribution in [2.24, 2.45) is 0 Å². The Balaban J connectivity index is 1.90. The number of hydrogen-bond acceptors (Lipinski definition) is 6. The number of para-hydroxylation sites is 2. The number of rotatable bonds is 7. The maximum atomic E-state index is 13.0. The van der Waals surface area contributed by atoms with E-state index in [4.69, 9.17) is 11.8 Å². The van der Waals surface area contributed by atoms with E-state index in [0.717, 1.165) is 32.3 Å². The molecule has 0 bridgehead atoms. The predicted molar refractivity (Wildman–Crippen MR) is 151 cm³/mol. The zero-order chi connectivity index (χ0) is 25.2. The molecule has 0 spiro atoms. The van der Waals surface area contributed by atoms with E-state index in [9.17, 15) is 8.42 Å². The van der Waals surface area contributed by atoms with Crippen molar-refractivity contribution in [2.75, 3.05) is 11.2 Å². The van der Waals surface area contributed by atoms with Gasteiger partial charge in [0.1, 0.15) is 5.44 Å². The highest BCUT2D eigenvalue weighted by atomic mass is 32.4. The summed E-state index contributed by atoms with van der Waals surface area (Å²) in [4.78, 5) is 1.86. The Bertz CT molecular complexity index is 1540. The molecule has 180 valence electrons. The molecule has 1 heterocycles. The van der Waals surface area contributed by atoms with Crippen LogP contribution in [0, 0.1) is 0 Å². The summed E-state index contributed by atoms with van der Waals surface area (Å²) in [5.41, 5.74) is 1.98. The van der Waals surface area contributed by atoms with E-state index in [0.29, 0.717) is 11.3 Å². The second-order valence-electron chi connectivity index (χ2n) is 8.13. The second-order valence-corrected chi connectivity index (χ2v) is 14.3. The summed E-state index contributed by atoms with van der Waals surface area (Å²) in [5.74, 6) is 0.311. The molecule has 0 amide bonds. The van der Waals surface area contributed by atoms with Crippen molar-refractivity contribution in [1.82, 2.24) is 14.4 Å². The molecule has 5 aromatic rings. The number of nitrogens with zero attached hydrogens (tertiary/aromatic N) is 4. The lowest BCUT2D eigenvalue weighted by atomic mass is 10.2. The highest BCUT2D eigenvalue weighted by molar-refractivity contribution is 8.25. The fourth-order valence-electron chi connectivity index (χ4n) is 4.09. The quantitative estimate of drug-likeness (QED) is 0.292. The highest BCUT2D eigenvalue weighted by Crippen LogP contribution is 2.47. The van der Waals surface area contributed by atoms with Gasteiger partial charge in [-0.2, -0.15) is 0 Å². The Labute approximate surface area is 215 Å². The SMILES string of the molecule is CS(=O)(=O)n1nnc(P(=S)(c2ccccc2)c2ccccc2)c1N(c1ccccc1)c1ccccc1. The van der Waals surface area contributed by atoms with E-state index in [1.54, 1.807) is 0 Å². The average Bonchev–Trinajstić information content (AvgIpc) is 3.37. The maximum absolute atomic E-state index is 13.0. The van der Waals surface area contributed by atoms with Gasteiger partial charge in [0.25, 0.3) is 10.0 Å². The summed E-state index contributed by atoms with van der Waals surface area (Å²) in [7, 11) is -3.83. The number of anilines is 3. The second kappa shape index (κ2) is 9.82. The minimum absolute atomic E-state index is 0.311. The third-order valence-corrected chi connectivity index (χ3v) is 11.3. The van der Waals surface area contributed by atoms with Crippen LogP contribution < -0.4 is 20.9 Å². The van der Waals surface area contributed by atoms with Gasteiger partial charge in [-0.15, -0.1) is 9.19 Å². The van der Waals surface area contributed by atoms with Crippen molar-refractivity contribution in [2.45, 2.75) is 0 Å². The summed E-state index contributed by atoms with van der Waals surface area (Å²) in [6.07, 6.45) is 1.12. The van der Waals surface area contributed by atoms with Crippen LogP contribution in [0.3, 0.4) is 0 Å². The molecule has 0 atom stereocenters. The third kappa shape index (κ3) is 4.39. The van der Waals surface area contributed by atoms with Gasteiger partial charge in [0.2, 0.25) is 0 Å². The number of benzene rings is 4. The first kappa shape index (κ1) is 24.1. The minimum atomic E-state index is -3.83. The molecule has 5 rings (SSSR count). The number of hydrogen-bond donors (Lipinski definition) is 0. The lowest BCUT2D eigenvalue weighted by Crippen LogP contribution is -2.31. The van der Waals surface area contributed by atoms with Crippen molar-refractivity contribution >= 4 is 61.1 Å². The van der Waals surface area contributed by atoms with Crippen LogP contribution >= 0.6 is 6.04 Å². The van der Waals surface area contributed by atoms with E-state index in [2.05, 4.69) is 10.3 Å². The smallest absolute Gasteiger partial charge is 0.254 e. The summed E-state index contributed by atoms with van der Waals surface area (Å²) in [6, 6.07) is 35.8. The minimum Gasteiger partial charge on any atom is -0.292 e. The summed E-state index contributed by atoms with van der Waals surface area (Å²) >= 11 is 6.52. The van der Waals surface area contributed by atoms with Gasteiger partial charge in [-0.05, 0) is 40.1 Å². The van der Waals surface area contributed by atoms with Crippen molar-refractivity contribution in [1.29, 1.82) is 0 Å². The van der Waals surface area contributed by atoms with Crippen LogP contribution in [0.25, 0.3) is 0 Å². The molecule has 0 saturated carbocycles. The van der Waals surface area contributed by atoms with Crippen molar-refractivity contribution in [3.8, 4) is 0 Å². The maximum Gasteiger partial charge on any atom is 0.254 e. The molecule has 9 heteroatoms. The van der Waals surface area contributed by atoms with E-state index < -0.39 is 16.1 Å². The largest absolute Gasteiger partial charge is 0.292 e. The standard InChI is InChI=1S/C27H23N4O2PS2/c1-36(32,33)31-27(30(22-14-6-2-7-15-22)23-16-8-3-9-17-23)26(28-29-31)34(35,24-18-10-4-11-19-24)25-20-12-5-13-21-25/h2-21H,1H3. The molecular weight excluding hydrogens is 507 g/mol. The molecule has 0 N–H and O–H groups in total. The zero-order valence-electron chi connectivity index (χ0n) is 19.4. The molecule has 0 radical (unpaired) electrons. The van der Waals surface area contributed by atoms with Gasteiger partial charge < -0.3 is 0 Å². The van der Waals surface area contributed by atoms with Crippen molar-refractivity contribution in [3.63, 3.8) is 0 Å². The molecule has 4 aromatic carbocycles. The van der Waals surface area contributed by atoms with Gasteiger partial charge in [-0.3, -0.25) is 4.90 Å². The molecular formula is C27H23N4O2PS2. The Kier molecular flexibility index (Phi) is 6.58. The van der Waals surface area contributed by atoms with Gasteiger partial charge in [0, 0.05) is 11.4 Å². The Morgan fingerprint density at radius 2 is 1.08 bits per heavy atom. The van der Waals surface area contributed by atoms with Crippen molar-refractivity contribution in [3.05, 3.63) is 121 Å². The van der Waals surface area contributed by atoms with Crippen LogP contribution in [-0.4, -0.2) is 29.1 Å². The molecule has 0 saturated heterocycles. The van der Waals surface area contributed by atoms with Crippen LogP contribution in [0.5, 0.6) is 0 Å². The van der Waals surface area contributed by atoms with E-state index >= 15 is 0 Å². The molecule has 0 aliphatic rings. The molecule has 36 heavy (non-hydrogen) atoms. The molecule has 1 aromatic heterocycles. The first-order chi connectivity index (χ1) is 17.4. The summed E-state index contributed by atoms with van der Waals surface area (Å²) in [6.45, 7) is 0. The zero-order valence-corrected chi connectivity index (χ0v) is 21.9. The van der Waals surface area contributed by atoms with Crippen LogP contribution in [0.15, 0.2) is 121 Å². The topological polar surface area (TPSA) is 68.1 Å². The molecule has 6 nitrogen and oxygen atoms in total. The van der Waals surface area contributed by atoms with Gasteiger partial charge >= 0.3 is 0 Å². The summed E-state index contributed by atoms with van der Waals surface area (Å²) in [5, 5.41) is 10.5. The van der Waals surface area contributed by atoms with Gasteiger partial charge in [-0.25, -0.2) is 8.42 Å². The third-order valence-electron chi connectivity index (χ3n) is 5.69. The fourth-order valence-corrected chi connectivity index (χ4v) is 8.50. The van der Waals surface area contributed by atoms with Crippen LogP contribution in [0.4, 0.5) is 17.2 Å². The van der Waals surface area contributed by atoms with Crippen LogP contribution in [0.1, 0.15) is 0 Å². The average molecular weight is 531 g/mol. The summed E-state index contributed by atoms with van der Waals surface area (Å²) < 4.78 is 27.1. The first-order valence-electron chi connectivity index (χ1n) is 11.2. The lowest BCUT2D eigenvalue weighted by molar-refractivity contribution is 0.584. The fraction of sp³-hybridized carbons (Fsp3) is 0.0370. The molecule has 0 aliphatic carbocycles. The normalized spacial score (nSPS) is 11.8. The predicted octanol–water partition coefficient (Wildman–Crippen LogP) is 4.31. The van der Waals surface area contributed by atoms with Gasteiger partial charge in [-0.1, -0.05) is 109 Å².